The number of nitrogens with zero attached hydrogens (tertiary/aromatic N) is 4. The van der Waals surface area contributed by atoms with E-state index in [9.17, 15) is 28.7 Å². The zero-order valence-electron chi connectivity index (χ0n) is 23.4. The van der Waals surface area contributed by atoms with Crippen molar-refractivity contribution < 1.29 is 38.2 Å². The average molecular weight is 592 g/mol. The Labute approximate surface area is 239 Å². The van der Waals surface area contributed by atoms with Crippen LogP contribution in [0.15, 0.2) is 36.4 Å². The maximum Gasteiger partial charge on any atom is 0.409 e. The lowest BCUT2D eigenvalue weighted by Gasteiger charge is -2.36. The van der Waals surface area contributed by atoms with Crippen LogP contribution in [-0.2, 0) is 25.3 Å². The summed E-state index contributed by atoms with van der Waals surface area (Å²) >= 11 is 0. The van der Waals surface area contributed by atoms with Crippen molar-refractivity contribution in [2.75, 3.05) is 52.7 Å². The van der Waals surface area contributed by atoms with Crippen LogP contribution in [0.4, 0.5) is 4.79 Å². The standard InChI is InChI=1S/C27H38N5O8P/c1-3-4-17-40-27(35)32-14-12-31(13-15-32)26(34)23(19-41(36,37)38)30-25(33)22-18-21(11-8-16-39-2)28-24(29-22)20-9-6-5-7-10-20/h5-7,9-10,18,23H,3-4,8,11-17,19H2,1-2H3,(H,30,33)(H2,36,37,38). The minimum atomic E-state index is -4.70. The van der Waals surface area contributed by atoms with Crippen molar-refractivity contribution in [2.45, 2.75) is 38.6 Å². The van der Waals surface area contributed by atoms with Gasteiger partial charge in [-0.15, -0.1) is 0 Å². The zero-order chi connectivity index (χ0) is 29.8. The van der Waals surface area contributed by atoms with Crippen LogP contribution in [0.2, 0.25) is 0 Å². The van der Waals surface area contributed by atoms with Crippen molar-refractivity contribution in [2.24, 2.45) is 0 Å². The molecule has 1 aliphatic heterocycles. The third-order valence-electron chi connectivity index (χ3n) is 6.42. The fourth-order valence-corrected chi connectivity index (χ4v) is 4.96. The molecular weight excluding hydrogens is 553 g/mol. The van der Waals surface area contributed by atoms with E-state index in [1.165, 1.54) is 15.9 Å². The molecule has 3 amide bonds. The third-order valence-corrected chi connectivity index (χ3v) is 7.26. The van der Waals surface area contributed by atoms with Crippen LogP contribution < -0.4 is 5.32 Å². The van der Waals surface area contributed by atoms with Gasteiger partial charge in [0, 0.05) is 51.2 Å². The minimum Gasteiger partial charge on any atom is -0.449 e. The quantitative estimate of drug-likeness (QED) is 0.231. The van der Waals surface area contributed by atoms with Crippen molar-refractivity contribution >= 4 is 25.5 Å². The molecule has 1 aromatic carbocycles. The number of aromatic nitrogens is 2. The minimum absolute atomic E-state index is 0.0329. The van der Waals surface area contributed by atoms with Gasteiger partial charge in [-0.05, 0) is 25.3 Å². The monoisotopic (exact) mass is 591 g/mol. The largest absolute Gasteiger partial charge is 0.449 e. The molecule has 2 aromatic rings. The Morgan fingerprint density at radius 2 is 1.71 bits per heavy atom. The molecule has 13 nitrogen and oxygen atoms in total. The third kappa shape index (κ3) is 10.2. The smallest absolute Gasteiger partial charge is 0.409 e. The molecule has 0 spiro atoms. The van der Waals surface area contributed by atoms with E-state index in [1.54, 1.807) is 19.2 Å². The first-order valence-corrected chi connectivity index (χ1v) is 15.4. The number of amides is 3. The van der Waals surface area contributed by atoms with Crippen molar-refractivity contribution in [1.82, 2.24) is 25.1 Å². The molecule has 2 heterocycles. The van der Waals surface area contributed by atoms with Crippen molar-refractivity contribution in [3.05, 3.63) is 47.8 Å². The van der Waals surface area contributed by atoms with E-state index >= 15 is 0 Å². The molecule has 0 saturated carbocycles. The van der Waals surface area contributed by atoms with Gasteiger partial charge in [0.1, 0.15) is 11.7 Å². The summed E-state index contributed by atoms with van der Waals surface area (Å²) in [6.07, 6.45) is 1.45. The van der Waals surface area contributed by atoms with Crippen molar-refractivity contribution in [3.8, 4) is 11.4 Å². The Hall–Kier alpha value is -3.38. The summed E-state index contributed by atoms with van der Waals surface area (Å²) in [5, 5.41) is 2.49. The second-order valence-corrected chi connectivity index (χ2v) is 11.4. The van der Waals surface area contributed by atoms with Gasteiger partial charge in [-0.1, -0.05) is 43.7 Å². The number of unbranched alkanes of at least 4 members (excludes halogenated alkanes) is 1. The normalized spacial score (nSPS) is 14.4. The van der Waals surface area contributed by atoms with E-state index in [0.29, 0.717) is 43.1 Å². The van der Waals surface area contributed by atoms with Crippen LogP contribution in [0, 0.1) is 0 Å². The van der Waals surface area contributed by atoms with Gasteiger partial charge in [-0.25, -0.2) is 14.8 Å². The van der Waals surface area contributed by atoms with Gasteiger partial charge in [0.15, 0.2) is 5.82 Å². The first-order chi connectivity index (χ1) is 19.6. The molecule has 3 N–H and O–H groups in total. The molecule has 1 atom stereocenters. The second-order valence-electron chi connectivity index (χ2n) is 9.68. The number of hydrogen-bond acceptors (Lipinski definition) is 8. The van der Waals surface area contributed by atoms with Crippen LogP contribution in [-0.4, -0.2) is 106 Å². The zero-order valence-corrected chi connectivity index (χ0v) is 24.3. The highest BCUT2D eigenvalue weighted by Crippen LogP contribution is 2.35. The Morgan fingerprint density at radius 3 is 2.34 bits per heavy atom. The number of nitrogens with one attached hydrogen (secondary N) is 1. The number of methoxy groups -OCH3 is 1. The Morgan fingerprint density at radius 1 is 1.02 bits per heavy atom. The fourth-order valence-electron chi connectivity index (χ4n) is 4.24. The van der Waals surface area contributed by atoms with Crippen LogP contribution in [0.5, 0.6) is 0 Å². The summed E-state index contributed by atoms with van der Waals surface area (Å²) in [7, 11) is -3.11. The lowest BCUT2D eigenvalue weighted by molar-refractivity contribution is -0.134. The molecule has 41 heavy (non-hydrogen) atoms. The molecule has 1 aromatic heterocycles. The Bertz CT molecular complexity index is 1220. The molecule has 0 radical (unpaired) electrons. The number of ether oxygens (including phenoxy) is 2. The highest BCUT2D eigenvalue weighted by Gasteiger charge is 2.35. The van der Waals surface area contributed by atoms with Gasteiger partial charge in [-0.2, -0.15) is 0 Å². The van der Waals surface area contributed by atoms with Crippen LogP contribution in [0.3, 0.4) is 0 Å². The summed E-state index contributed by atoms with van der Waals surface area (Å²) in [5.74, 6) is -1.11. The first kappa shape index (κ1) is 32.1. The Kier molecular flexibility index (Phi) is 12.2. The SMILES string of the molecule is CCCCOC(=O)N1CCN(C(=O)C(CP(=O)(O)O)NC(=O)c2cc(CCCOC)nc(-c3ccccc3)n2)CC1. The van der Waals surface area contributed by atoms with Crippen LogP contribution in [0.1, 0.15) is 42.4 Å². The average Bonchev–Trinajstić information content (AvgIpc) is 2.96. The maximum atomic E-state index is 13.3. The van der Waals surface area contributed by atoms with E-state index in [-0.39, 0.29) is 31.9 Å². The number of rotatable bonds is 13. The van der Waals surface area contributed by atoms with E-state index in [2.05, 4.69) is 15.3 Å². The summed E-state index contributed by atoms with van der Waals surface area (Å²) in [6.45, 7) is 3.45. The molecular formula is C27H38N5O8P. The predicted molar refractivity (Wildman–Crippen MR) is 150 cm³/mol. The fraction of sp³-hybridized carbons (Fsp3) is 0.519. The maximum absolute atomic E-state index is 13.3. The van der Waals surface area contributed by atoms with Gasteiger partial charge in [0.25, 0.3) is 5.91 Å². The van der Waals surface area contributed by atoms with Gasteiger partial charge in [-0.3, -0.25) is 14.2 Å². The van der Waals surface area contributed by atoms with Gasteiger partial charge in [0.05, 0.1) is 12.8 Å². The van der Waals surface area contributed by atoms with E-state index in [4.69, 9.17) is 9.47 Å². The topological polar surface area (TPSA) is 171 Å². The number of benzene rings is 1. The Balaban J connectivity index is 1.76. The number of carbonyl (C=O) groups excluding carboxylic acids is 3. The van der Waals surface area contributed by atoms with Crippen molar-refractivity contribution in [1.29, 1.82) is 0 Å². The van der Waals surface area contributed by atoms with Crippen LogP contribution >= 0.6 is 7.60 Å². The molecule has 1 aliphatic rings. The predicted octanol–water partition coefficient (Wildman–Crippen LogP) is 2.08. The summed E-state index contributed by atoms with van der Waals surface area (Å²) in [6, 6.07) is 9.07. The molecule has 14 heteroatoms. The summed E-state index contributed by atoms with van der Waals surface area (Å²) in [5.41, 5.74) is 1.24. The lowest BCUT2D eigenvalue weighted by Crippen LogP contribution is -2.56. The molecule has 0 aliphatic carbocycles. The highest BCUT2D eigenvalue weighted by molar-refractivity contribution is 7.51. The van der Waals surface area contributed by atoms with E-state index in [0.717, 1.165) is 12.8 Å². The molecule has 1 unspecified atom stereocenters. The second kappa shape index (κ2) is 15.6. The highest BCUT2D eigenvalue weighted by atomic mass is 31.2. The number of aryl methyl sites for hydroxylation is 1. The lowest BCUT2D eigenvalue weighted by atomic mass is 10.1. The van der Waals surface area contributed by atoms with Crippen LogP contribution in [0.25, 0.3) is 11.4 Å². The molecule has 1 saturated heterocycles. The summed E-state index contributed by atoms with van der Waals surface area (Å²) in [4.78, 5) is 70.1. The number of piperazine rings is 1. The van der Waals surface area contributed by atoms with Crippen molar-refractivity contribution in [3.63, 3.8) is 0 Å². The number of hydrogen-bond donors (Lipinski definition) is 3. The molecule has 1 fully saturated rings. The van der Waals surface area contributed by atoms with E-state index < -0.39 is 37.7 Å². The first-order valence-electron chi connectivity index (χ1n) is 13.6. The number of carbonyl (C=O) groups is 3. The van der Waals surface area contributed by atoms with Gasteiger partial charge in [0.2, 0.25) is 5.91 Å². The van der Waals surface area contributed by atoms with Gasteiger partial charge < -0.3 is 34.4 Å². The summed E-state index contributed by atoms with van der Waals surface area (Å²) < 4.78 is 22.3. The molecule has 3 rings (SSSR count). The van der Waals surface area contributed by atoms with Gasteiger partial charge >= 0.3 is 13.7 Å². The van der Waals surface area contributed by atoms with E-state index in [1.807, 2.05) is 25.1 Å². The molecule has 0 bridgehead atoms. The molecule has 224 valence electrons.